The standard InChI is InChI=1S/C21H18ClN5O5/c1-2-32-21(31)12-3-7-14(8-4-12)23-16(28)11-26-18-17(24-25-26)19(29)27(20(18)30)15-9-5-13(22)6-10-15/h3-10,17-18H,2,11H2,1H3,(H,23,28)/t17-,18-/m0/s1. The second-order valence-electron chi connectivity index (χ2n) is 7.03. The maximum Gasteiger partial charge on any atom is 0.338 e. The molecule has 0 aliphatic carbocycles. The Labute approximate surface area is 187 Å². The van der Waals surface area contributed by atoms with Gasteiger partial charge in [0, 0.05) is 10.7 Å². The monoisotopic (exact) mass is 455 g/mol. The molecule has 2 aromatic rings. The summed E-state index contributed by atoms with van der Waals surface area (Å²) >= 11 is 5.87. The van der Waals surface area contributed by atoms with Crippen LogP contribution in [0.1, 0.15) is 17.3 Å². The average molecular weight is 456 g/mol. The number of halogens is 1. The number of anilines is 2. The first-order valence-corrected chi connectivity index (χ1v) is 10.1. The molecule has 11 heteroatoms. The van der Waals surface area contributed by atoms with Crippen molar-refractivity contribution in [2.45, 2.75) is 19.0 Å². The van der Waals surface area contributed by atoms with Crippen LogP contribution in [-0.2, 0) is 19.1 Å². The molecule has 0 bridgehead atoms. The Morgan fingerprint density at radius 2 is 1.75 bits per heavy atom. The van der Waals surface area contributed by atoms with Gasteiger partial charge in [-0.05, 0) is 55.5 Å². The van der Waals surface area contributed by atoms with Gasteiger partial charge in [0.15, 0.2) is 12.1 Å². The molecule has 2 heterocycles. The summed E-state index contributed by atoms with van der Waals surface area (Å²) in [7, 11) is 0. The molecule has 2 aromatic carbocycles. The lowest BCUT2D eigenvalue weighted by atomic mass is 10.1. The highest BCUT2D eigenvalue weighted by Gasteiger charge is 2.55. The molecule has 0 unspecified atom stereocenters. The van der Waals surface area contributed by atoms with Crippen LogP contribution in [0.5, 0.6) is 0 Å². The zero-order valence-electron chi connectivity index (χ0n) is 16.9. The smallest absolute Gasteiger partial charge is 0.338 e. The number of amides is 3. The van der Waals surface area contributed by atoms with Crippen molar-refractivity contribution >= 4 is 46.7 Å². The van der Waals surface area contributed by atoms with Crippen molar-refractivity contribution in [2.24, 2.45) is 10.3 Å². The Morgan fingerprint density at radius 1 is 1.06 bits per heavy atom. The Hall–Kier alpha value is -3.79. The van der Waals surface area contributed by atoms with E-state index in [1.807, 2.05) is 0 Å². The third-order valence-electron chi connectivity index (χ3n) is 4.93. The van der Waals surface area contributed by atoms with Crippen molar-refractivity contribution in [1.82, 2.24) is 5.01 Å². The third kappa shape index (κ3) is 4.04. The predicted molar refractivity (Wildman–Crippen MR) is 114 cm³/mol. The number of hydrogen-bond donors (Lipinski definition) is 1. The molecule has 2 atom stereocenters. The van der Waals surface area contributed by atoms with Crippen LogP contribution in [0.25, 0.3) is 0 Å². The molecule has 1 N–H and O–H groups in total. The molecule has 0 saturated carbocycles. The van der Waals surface area contributed by atoms with Gasteiger partial charge in [-0.3, -0.25) is 19.4 Å². The van der Waals surface area contributed by atoms with Gasteiger partial charge in [0.05, 0.1) is 17.9 Å². The minimum absolute atomic E-state index is 0.264. The zero-order valence-corrected chi connectivity index (χ0v) is 17.7. The van der Waals surface area contributed by atoms with E-state index in [1.165, 1.54) is 17.1 Å². The molecular weight excluding hydrogens is 438 g/mol. The van der Waals surface area contributed by atoms with Crippen LogP contribution >= 0.6 is 11.6 Å². The molecule has 1 saturated heterocycles. The summed E-state index contributed by atoms with van der Waals surface area (Å²) in [5.41, 5.74) is 1.19. The van der Waals surface area contributed by atoms with Gasteiger partial charge in [-0.25, -0.2) is 9.69 Å². The van der Waals surface area contributed by atoms with E-state index in [-0.39, 0.29) is 13.2 Å². The van der Waals surface area contributed by atoms with Crippen LogP contribution in [0.4, 0.5) is 11.4 Å². The van der Waals surface area contributed by atoms with Gasteiger partial charge in [0.25, 0.3) is 11.8 Å². The number of ether oxygens (including phenoxy) is 1. The molecule has 4 rings (SSSR count). The Kier molecular flexibility index (Phi) is 5.87. The number of rotatable bonds is 6. The fourth-order valence-electron chi connectivity index (χ4n) is 3.45. The highest BCUT2D eigenvalue weighted by atomic mass is 35.5. The van der Waals surface area contributed by atoms with Crippen LogP contribution < -0.4 is 10.2 Å². The lowest BCUT2D eigenvalue weighted by Gasteiger charge is -2.20. The first-order chi connectivity index (χ1) is 15.4. The summed E-state index contributed by atoms with van der Waals surface area (Å²) in [5, 5.41) is 12.1. The van der Waals surface area contributed by atoms with Crippen molar-refractivity contribution in [1.29, 1.82) is 0 Å². The van der Waals surface area contributed by atoms with Gasteiger partial charge < -0.3 is 10.1 Å². The largest absolute Gasteiger partial charge is 0.462 e. The minimum atomic E-state index is -1.00. The second-order valence-corrected chi connectivity index (χ2v) is 7.46. The number of benzene rings is 2. The summed E-state index contributed by atoms with van der Waals surface area (Å²) in [6.07, 6.45) is 0. The van der Waals surface area contributed by atoms with Gasteiger partial charge >= 0.3 is 5.97 Å². The van der Waals surface area contributed by atoms with Crippen molar-refractivity contribution in [3.05, 3.63) is 59.1 Å². The number of nitrogens with zero attached hydrogens (tertiary/aromatic N) is 4. The minimum Gasteiger partial charge on any atom is -0.462 e. The van der Waals surface area contributed by atoms with Crippen molar-refractivity contribution in [2.75, 3.05) is 23.4 Å². The fourth-order valence-corrected chi connectivity index (χ4v) is 3.58. The molecular formula is C21H18ClN5O5. The molecule has 0 spiro atoms. The van der Waals surface area contributed by atoms with E-state index in [1.54, 1.807) is 43.3 Å². The molecule has 0 radical (unpaired) electrons. The summed E-state index contributed by atoms with van der Waals surface area (Å²) < 4.78 is 4.92. The quantitative estimate of drug-likeness (QED) is 0.527. The average Bonchev–Trinajstić information content (AvgIpc) is 3.29. The van der Waals surface area contributed by atoms with Crippen molar-refractivity contribution in [3.8, 4) is 0 Å². The predicted octanol–water partition coefficient (Wildman–Crippen LogP) is 2.45. The number of imide groups is 1. The van der Waals surface area contributed by atoms with Gasteiger partial charge in [-0.1, -0.05) is 16.8 Å². The van der Waals surface area contributed by atoms with Crippen molar-refractivity contribution in [3.63, 3.8) is 0 Å². The first-order valence-electron chi connectivity index (χ1n) is 9.77. The van der Waals surface area contributed by atoms with Crippen LogP contribution in [0.15, 0.2) is 58.9 Å². The van der Waals surface area contributed by atoms with Crippen LogP contribution in [0, 0.1) is 0 Å². The van der Waals surface area contributed by atoms with Gasteiger partial charge in [-0.2, -0.15) is 5.11 Å². The number of esters is 1. The molecule has 0 aromatic heterocycles. The number of hydrogen-bond acceptors (Lipinski definition) is 8. The molecule has 1 fully saturated rings. The van der Waals surface area contributed by atoms with E-state index in [0.29, 0.717) is 22.0 Å². The molecule has 32 heavy (non-hydrogen) atoms. The number of carbonyl (C=O) groups is 4. The maximum absolute atomic E-state index is 12.9. The van der Waals surface area contributed by atoms with E-state index in [0.717, 1.165) is 4.90 Å². The molecule has 2 aliphatic heterocycles. The topological polar surface area (TPSA) is 121 Å². The van der Waals surface area contributed by atoms with Crippen molar-refractivity contribution < 1.29 is 23.9 Å². The number of nitrogens with one attached hydrogen (secondary N) is 1. The molecule has 164 valence electrons. The Morgan fingerprint density at radius 3 is 2.41 bits per heavy atom. The second kappa shape index (κ2) is 8.75. The summed E-state index contributed by atoms with van der Waals surface area (Å²) in [4.78, 5) is 50.8. The van der Waals surface area contributed by atoms with Gasteiger partial charge in [0.1, 0.15) is 6.54 Å². The SMILES string of the molecule is CCOC(=O)c1ccc(NC(=O)CN2N=N[C@@H]3C(=O)N(c4ccc(Cl)cc4)C(=O)[C@H]32)cc1. The molecule has 3 amide bonds. The Bertz CT molecular complexity index is 1100. The van der Waals surface area contributed by atoms with E-state index >= 15 is 0 Å². The summed E-state index contributed by atoms with van der Waals surface area (Å²) in [6, 6.07) is 10.5. The lowest BCUT2D eigenvalue weighted by Crippen LogP contribution is -2.43. The van der Waals surface area contributed by atoms with Crippen LogP contribution in [0.2, 0.25) is 5.02 Å². The van der Waals surface area contributed by atoms with E-state index in [2.05, 4.69) is 15.7 Å². The summed E-state index contributed by atoms with van der Waals surface area (Å²) in [6.45, 7) is 1.70. The molecule has 10 nitrogen and oxygen atoms in total. The third-order valence-corrected chi connectivity index (χ3v) is 5.18. The normalized spacial score (nSPS) is 19.3. The number of fused-ring (bicyclic) bond motifs is 1. The van der Waals surface area contributed by atoms with Crippen LogP contribution in [-0.4, -0.2) is 53.9 Å². The molecule has 2 aliphatic rings. The van der Waals surface area contributed by atoms with Gasteiger partial charge in [-0.15, -0.1) is 0 Å². The number of carbonyl (C=O) groups excluding carboxylic acids is 4. The van der Waals surface area contributed by atoms with Gasteiger partial charge in [0.2, 0.25) is 5.91 Å². The highest BCUT2D eigenvalue weighted by molar-refractivity contribution is 6.31. The van der Waals surface area contributed by atoms with E-state index in [4.69, 9.17) is 16.3 Å². The van der Waals surface area contributed by atoms with Crippen LogP contribution in [0.3, 0.4) is 0 Å². The summed E-state index contributed by atoms with van der Waals surface area (Å²) in [5.74, 6) is -1.94. The maximum atomic E-state index is 12.9. The first kappa shape index (κ1) is 21.4. The highest BCUT2D eigenvalue weighted by Crippen LogP contribution is 2.32. The fraction of sp³-hybridized carbons (Fsp3) is 0.238. The zero-order chi connectivity index (χ0) is 22.8. The van der Waals surface area contributed by atoms with E-state index in [9.17, 15) is 19.2 Å². The Balaban J connectivity index is 1.41. The lowest BCUT2D eigenvalue weighted by molar-refractivity contribution is -0.123. The van der Waals surface area contributed by atoms with E-state index < -0.39 is 35.8 Å².